The fourth-order valence-electron chi connectivity index (χ4n) is 5.21. The van der Waals surface area contributed by atoms with Crippen LogP contribution < -0.4 is 4.90 Å². The average Bonchev–Trinajstić information content (AvgIpc) is 3.39. The Morgan fingerprint density at radius 3 is 2.66 bits per heavy atom. The van der Waals surface area contributed by atoms with Crippen molar-refractivity contribution in [3.63, 3.8) is 0 Å². The summed E-state index contributed by atoms with van der Waals surface area (Å²) in [5, 5.41) is 10.0. The first-order valence-electron chi connectivity index (χ1n) is 10.6. The number of fused-ring (bicyclic) bond motifs is 2. The van der Waals surface area contributed by atoms with E-state index in [9.17, 15) is 18.3 Å². The summed E-state index contributed by atoms with van der Waals surface area (Å²) in [5.74, 6) is -2.02. The number of benzene rings is 2. The zero-order valence-electron chi connectivity index (χ0n) is 17.6. The number of aliphatic carboxylic acids is 1. The summed E-state index contributed by atoms with van der Waals surface area (Å²) in [6, 6.07) is 10.0. The maximum atomic E-state index is 13.2. The van der Waals surface area contributed by atoms with Crippen LogP contribution in [0.5, 0.6) is 0 Å². The number of halogens is 1. The van der Waals surface area contributed by atoms with Gasteiger partial charge in [-0.25, -0.2) is 8.42 Å². The Labute approximate surface area is 195 Å². The van der Waals surface area contributed by atoms with Crippen molar-refractivity contribution >= 4 is 43.1 Å². The third-order valence-corrected chi connectivity index (χ3v) is 9.15. The zero-order chi connectivity index (χ0) is 22.7. The van der Waals surface area contributed by atoms with Gasteiger partial charge in [0.15, 0.2) is 5.79 Å². The molecule has 1 aliphatic carbocycles. The van der Waals surface area contributed by atoms with Gasteiger partial charge in [-0.1, -0.05) is 22.0 Å². The molecule has 7 nitrogen and oxygen atoms in total. The molecule has 2 aromatic rings. The van der Waals surface area contributed by atoms with Crippen LogP contribution in [0.1, 0.15) is 37.2 Å². The van der Waals surface area contributed by atoms with Crippen molar-refractivity contribution in [3.05, 3.63) is 46.4 Å². The van der Waals surface area contributed by atoms with Gasteiger partial charge in [-0.3, -0.25) is 4.79 Å². The van der Waals surface area contributed by atoms with Crippen LogP contribution in [0.15, 0.2) is 50.7 Å². The number of carboxylic acids is 1. The second-order valence-electron chi connectivity index (χ2n) is 8.74. The van der Waals surface area contributed by atoms with E-state index in [1.165, 1.54) is 6.07 Å². The van der Waals surface area contributed by atoms with Crippen molar-refractivity contribution in [1.29, 1.82) is 0 Å². The molecule has 2 aromatic carbocycles. The van der Waals surface area contributed by atoms with E-state index in [0.29, 0.717) is 47.5 Å². The van der Waals surface area contributed by atoms with E-state index in [1.54, 1.807) is 37.4 Å². The molecule has 1 saturated carbocycles. The van der Waals surface area contributed by atoms with Crippen molar-refractivity contribution in [2.45, 2.75) is 47.2 Å². The molecule has 2 atom stereocenters. The number of carbonyl (C=O) groups is 1. The van der Waals surface area contributed by atoms with Crippen LogP contribution in [0, 0.1) is 5.92 Å². The summed E-state index contributed by atoms with van der Waals surface area (Å²) in [4.78, 5) is 14.4. The van der Waals surface area contributed by atoms with Gasteiger partial charge in [-0.05, 0) is 54.7 Å². The van der Waals surface area contributed by atoms with Gasteiger partial charge < -0.3 is 19.5 Å². The van der Waals surface area contributed by atoms with Crippen LogP contribution in [0.4, 0.5) is 11.4 Å². The van der Waals surface area contributed by atoms with E-state index < -0.39 is 27.5 Å². The van der Waals surface area contributed by atoms with Crippen molar-refractivity contribution in [1.82, 2.24) is 0 Å². The molecule has 2 unspecified atom stereocenters. The van der Waals surface area contributed by atoms with Crippen LogP contribution in [0.2, 0.25) is 0 Å². The smallest absolute Gasteiger partial charge is 0.310 e. The number of hydrogen-bond acceptors (Lipinski definition) is 6. The van der Waals surface area contributed by atoms with E-state index >= 15 is 0 Å². The molecule has 1 saturated heterocycles. The second-order valence-corrected chi connectivity index (χ2v) is 11.5. The minimum absolute atomic E-state index is 0.171. The number of rotatable bonds is 4. The third kappa shape index (κ3) is 3.55. The molecule has 170 valence electrons. The van der Waals surface area contributed by atoms with Crippen LogP contribution in [0.3, 0.4) is 0 Å². The van der Waals surface area contributed by atoms with Gasteiger partial charge in [-0.2, -0.15) is 0 Å². The van der Waals surface area contributed by atoms with Gasteiger partial charge in [0.05, 0.1) is 40.3 Å². The first-order valence-corrected chi connectivity index (χ1v) is 12.9. The fraction of sp³-hybridized carbons (Fsp3) is 0.435. The highest BCUT2D eigenvalue weighted by atomic mass is 79.9. The summed E-state index contributed by atoms with van der Waals surface area (Å²) in [5.41, 5.74) is 1.67. The molecule has 0 amide bonds. The van der Waals surface area contributed by atoms with Crippen molar-refractivity contribution in [2.75, 3.05) is 25.2 Å². The van der Waals surface area contributed by atoms with Crippen molar-refractivity contribution in [2.24, 2.45) is 5.92 Å². The topological polar surface area (TPSA) is 93.1 Å². The zero-order valence-corrected chi connectivity index (χ0v) is 20.0. The lowest BCUT2D eigenvalue weighted by molar-refractivity contribution is -0.153. The number of sulfone groups is 1. The molecule has 1 N–H and O–H groups in total. The Morgan fingerprint density at radius 1 is 1.19 bits per heavy atom. The Morgan fingerprint density at radius 2 is 1.94 bits per heavy atom. The van der Waals surface area contributed by atoms with Crippen LogP contribution >= 0.6 is 15.9 Å². The summed E-state index contributed by atoms with van der Waals surface area (Å²) in [7, 11) is -1.91. The van der Waals surface area contributed by atoms with Gasteiger partial charge >= 0.3 is 5.97 Å². The molecule has 9 heteroatoms. The van der Waals surface area contributed by atoms with Gasteiger partial charge in [-0.15, -0.1) is 0 Å². The molecular formula is C23H24BrNO6S. The number of ether oxygens (including phenoxy) is 2. The standard InChI is InChI=1S/C23H24BrNO6S/c1-25-18-4-3-16(24)12-21(18)32(28,29)20-5-2-15(11-19(20)25)17(22(26)27)10-14-6-7-23(13-14)30-8-9-31-23/h2-5,11-12,14,17H,6-10,13H2,1H3,(H,26,27). The molecule has 0 radical (unpaired) electrons. The lowest BCUT2D eigenvalue weighted by atomic mass is 9.87. The summed E-state index contributed by atoms with van der Waals surface area (Å²) in [6.45, 7) is 1.16. The molecule has 2 aliphatic heterocycles. The lowest BCUT2D eigenvalue weighted by Crippen LogP contribution is -2.26. The van der Waals surface area contributed by atoms with Gasteiger partial charge in [0, 0.05) is 24.4 Å². The predicted molar refractivity (Wildman–Crippen MR) is 121 cm³/mol. The number of carboxylic acid groups (broad SMARTS) is 1. The molecule has 0 aromatic heterocycles. The van der Waals surface area contributed by atoms with E-state index in [-0.39, 0.29) is 15.7 Å². The van der Waals surface area contributed by atoms with E-state index in [2.05, 4.69) is 15.9 Å². The lowest BCUT2D eigenvalue weighted by Gasteiger charge is -2.31. The predicted octanol–water partition coefficient (Wildman–Crippen LogP) is 4.46. The van der Waals surface area contributed by atoms with Crippen LogP contribution in [0.25, 0.3) is 0 Å². The molecule has 1 spiro atoms. The molecule has 5 rings (SSSR count). The first kappa shape index (κ1) is 21.9. The molecule has 2 fully saturated rings. The Kier molecular flexibility index (Phi) is 5.35. The highest BCUT2D eigenvalue weighted by molar-refractivity contribution is 9.10. The summed E-state index contributed by atoms with van der Waals surface area (Å²) in [6.07, 6.45) is 2.79. The Bertz CT molecular complexity index is 1190. The monoisotopic (exact) mass is 521 g/mol. The van der Waals surface area contributed by atoms with Crippen molar-refractivity contribution < 1.29 is 27.8 Å². The summed E-state index contributed by atoms with van der Waals surface area (Å²) < 4.78 is 38.7. The third-order valence-electron chi connectivity index (χ3n) is 6.82. The minimum Gasteiger partial charge on any atom is -0.481 e. The molecule has 3 aliphatic rings. The Balaban J connectivity index is 1.47. The maximum absolute atomic E-state index is 13.2. The van der Waals surface area contributed by atoms with Crippen LogP contribution in [-0.2, 0) is 24.1 Å². The maximum Gasteiger partial charge on any atom is 0.310 e. The van der Waals surface area contributed by atoms with Crippen molar-refractivity contribution in [3.8, 4) is 0 Å². The van der Waals surface area contributed by atoms with E-state index in [1.807, 2.05) is 4.90 Å². The van der Waals surface area contributed by atoms with Gasteiger partial charge in [0.2, 0.25) is 9.84 Å². The highest BCUT2D eigenvalue weighted by Crippen LogP contribution is 2.47. The van der Waals surface area contributed by atoms with Gasteiger partial charge in [0.25, 0.3) is 0 Å². The van der Waals surface area contributed by atoms with Crippen LogP contribution in [-0.4, -0.2) is 45.5 Å². The largest absolute Gasteiger partial charge is 0.481 e. The van der Waals surface area contributed by atoms with Gasteiger partial charge in [0.1, 0.15) is 0 Å². The number of hydrogen-bond donors (Lipinski definition) is 1. The number of anilines is 2. The summed E-state index contributed by atoms with van der Waals surface area (Å²) >= 11 is 3.35. The quantitative estimate of drug-likeness (QED) is 0.634. The van der Waals surface area contributed by atoms with E-state index in [0.717, 1.165) is 12.8 Å². The highest BCUT2D eigenvalue weighted by Gasteiger charge is 2.45. The Hall–Kier alpha value is -1.94. The van der Waals surface area contributed by atoms with E-state index in [4.69, 9.17) is 9.47 Å². The number of nitrogens with zero attached hydrogens (tertiary/aromatic N) is 1. The molecule has 2 heterocycles. The molecular weight excluding hydrogens is 498 g/mol. The normalized spacial score (nSPS) is 23.7. The molecule has 32 heavy (non-hydrogen) atoms. The second kappa shape index (κ2) is 7.83. The SMILES string of the molecule is CN1c2cc(C(CC3CCC4(C3)OCCO4)C(=O)O)ccc2S(=O)(=O)c2cc(Br)ccc21. The fourth-order valence-corrected chi connectivity index (χ4v) is 7.44. The minimum atomic E-state index is -3.71. The average molecular weight is 522 g/mol. The molecule has 0 bridgehead atoms. The first-order chi connectivity index (χ1) is 15.2.